The van der Waals surface area contributed by atoms with Crippen LogP contribution in [-0.4, -0.2) is 9.55 Å². The number of nitrogens with zero attached hydrogens (tertiary/aromatic N) is 2. The van der Waals surface area contributed by atoms with Crippen molar-refractivity contribution in [3.05, 3.63) is 48.5 Å². The SMILES string of the molecule is CC(C)C(N)c1cncn1-c1ccccc1. The third-order valence-electron chi connectivity index (χ3n) is 2.76. The first-order chi connectivity index (χ1) is 7.70. The molecule has 0 bridgehead atoms. The van der Waals surface area contributed by atoms with E-state index in [1.165, 1.54) is 0 Å². The zero-order valence-electron chi connectivity index (χ0n) is 9.67. The second-order valence-electron chi connectivity index (χ2n) is 4.29. The first-order valence-electron chi connectivity index (χ1n) is 5.53. The molecule has 2 rings (SSSR count). The number of nitrogens with two attached hydrogens (primary N) is 1. The Morgan fingerprint density at radius 1 is 1.19 bits per heavy atom. The lowest BCUT2D eigenvalue weighted by Crippen LogP contribution is -2.19. The largest absolute Gasteiger partial charge is 0.322 e. The van der Waals surface area contributed by atoms with Gasteiger partial charge < -0.3 is 10.3 Å². The fourth-order valence-electron chi connectivity index (χ4n) is 1.70. The topological polar surface area (TPSA) is 43.8 Å². The molecular weight excluding hydrogens is 198 g/mol. The molecule has 1 aromatic heterocycles. The van der Waals surface area contributed by atoms with Gasteiger partial charge in [0.2, 0.25) is 0 Å². The lowest BCUT2D eigenvalue weighted by Gasteiger charge is -2.17. The number of rotatable bonds is 3. The van der Waals surface area contributed by atoms with Crippen LogP contribution in [0, 0.1) is 5.92 Å². The van der Waals surface area contributed by atoms with Gasteiger partial charge >= 0.3 is 0 Å². The highest BCUT2D eigenvalue weighted by molar-refractivity contribution is 5.34. The Morgan fingerprint density at radius 3 is 2.50 bits per heavy atom. The van der Waals surface area contributed by atoms with Crippen LogP contribution in [0.5, 0.6) is 0 Å². The Kier molecular flexibility index (Phi) is 3.06. The van der Waals surface area contributed by atoms with E-state index in [1.54, 1.807) is 0 Å². The van der Waals surface area contributed by atoms with Crippen molar-refractivity contribution in [3.63, 3.8) is 0 Å². The third kappa shape index (κ3) is 1.99. The molecule has 0 spiro atoms. The van der Waals surface area contributed by atoms with E-state index in [4.69, 9.17) is 5.73 Å². The van der Waals surface area contributed by atoms with Crippen molar-refractivity contribution in [1.29, 1.82) is 0 Å². The summed E-state index contributed by atoms with van der Waals surface area (Å²) >= 11 is 0. The van der Waals surface area contributed by atoms with Crippen LogP contribution in [0.4, 0.5) is 0 Å². The van der Waals surface area contributed by atoms with Gasteiger partial charge in [0, 0.05) is 11.7 Å². The van der Waals surface area contributed by atoms with Gasteiger partial charge in [0.15, 0.2) is 0 Å². The van der Waals surface area contributed by atoms with Crippen molar-refractivity contribution in [2.45, 2.75) is 19.9 Å². The summed E-state index contributed by atoms with van der Waals surface area (Å²) < 4.78 is 2.05. The van der Waals surface area contributed by atoms with E-state index in [2.05, 4.69) is 31.0 Å². The van der Waals surface area contributed by atoms with E-state index >= 15 is 0 Å². The molecule has 0 amide bonds. The Morgan fingerprint density at radius 2 is 1.88 bits per heavy atom. The molecule has 1 atom stereocenters. The van der Waals surface area contributed by atoms with E-state index in [-0.39, 0.29) is 6.04 Å². The highest BCUT2D eigenvalue weighted by Gasteiger charge is 2.15. The summed E-state index contributed by atoms with van der Waals surface area (Å²) in [5, 5.41) is 0. The summed E-state index contributed by atoms with van der Waals surface area (Å²) in [5.41, 5.74) is 8.32. The van der Waals surface area contributed by atoms with Gasteiger partial charge in [0.1, 0.15) is 0 Å². The van der Waals surface area contributed by atoms with Crippen LogP contribution in [-0.2, 0) is 0 Å². The summed E-state index contributed by atoms with van der Waals surface area (Å²) in [6.07, 6.45) is 3.66. The van der Waals surface area contributed by atoms with Crippen molar-refractivity contribution in [2.24, 2.45) is 11.7 Å². The van der Waals surface area contributed by atoms with Gasteiger partial charge in [-0.05, 0) is 18.1 Å². The summed E-state index contributed by atoms with van der Waals surface area (Å²) in [5.74, 6) is 0.402. The van der Waals surface area contributed by atoms with E-state index in [9.17, 15) is 0 Å². The van der Waals surface area contributed by atoms with Gasteiger partial charge in [-0.2, -0.15) is 0 Å². The minimum Gasteiger partial charge on any atom is -0.322 e. The third-order valence-corrected chi connectivity index (χ3v) is 2.76. The average Bonchev–Trinajstić information content (AvgIpc) is 2.77. The van der Waals surface area contributed by atoms with Gasteiger partial charge in [0.05, 0.1) is 18.2 Å². The number of imidazole rings is 1. The molecule has 2 aromatic rings. The van der Waals surface area contributed by atoms with Crippen LogP contribution < -0.4 is 5.73 Å². The van der Waals surface area contributed by atoms with Gasteiger partial charge in [-0.25, -0.2) is 4.98 Å². The van der Waals surface area contributed by atoms with Crippen LogP contribution in [0.25, 0.3) is 5.69 Å². The number of hydrogen-bond donors (Lipinski definition) is 1. The Bertz CT molecular complexity index is 445. The quantitative estimate of drug-likeness (QED) is 0.855. The van der Waals surface area contributed by atoms with E-state index < -0.39 is 0 Å². The molecule has 1 unspecified atom stereocenters. The monoisotopic (exact) mass is 215 g/mol. The first kappa shape index (κ1) is 10.9. The number of para-hydroxylation sites is 1. The number of aromatic nitrogens is 2. The summed E-state index contributed by atoms with van der Waals surface area (Å²) in [6.45, 7) is 4.24. The molecule has 0 saturated carbocycles. The molecule has 2 N–H and O–H groups in total. The van der Waals surface area contributed by atoms with Crippen LogP contribution in [0.3, 0.4) is 0 Å². The van der Waals surface area contributed by atoms with Crippen LogP contribution in [0.2, 0.25) is 0 Å². The second-order valence-corrected chi connectivity index (χ2v) is 4.29. The van der Waals surface area contributed by atoms with Crippen LogP contribution in [0.1, 0.15) is 25.6 Å². The Hall–Kier alpha value is -1.61. The highest BCUT2D eigenvalue weighted by atomic mass is 15.1. The smallest absolute Gasteiger partial charge is 0.0994 e. The molecule has 0 aliphatic rings. The van der Waals surface area contributed by atoms with Gasteiger partial charge in [-0.15, -0.1) is 0 Å². The molecule has 0 radical (unpaired) electrons. The predicted molar refractivity (Wildman–Crippen MR) is 65.3 cm³/mol. The first-order valence-corrected chi connectivity index (χ1v) is 5.53. The van der Waals surface area contributed by atoms with Crippen molar-refractivity contribution in [3.8, 4) is 5.69 Å². The van der Waals surface area contributed by atoms with E-state index in [1.807, 2.05) is 35.3 Å². The normalized spacial score (nSPS) is 13.0. The van der Waals surface area contributed by atoms with Crippen molar-refractivity contribution < 1.29 is 0 Å². The summed E-state index contributed by atoms with van der Waals surface area (Å²) in [6, 6.07) is 10.2. The maximum atomic E-state index is 6.16. The number of hydrogen-bond acceptors (Lipinski definition) is 2. The maximum Gasteiger partial charge on any atom is 0.0994 e. The molecule has 3 nitrogen and oxygen atoms in total. The Labute approximate surface area is 95.9 Å². The van der Waals surface area contributed by atoms with E-state index in [0.717, 1.165) is 11.4 Å². The van der Waals surface area contributed by atoms with Gasteiger partial charge in [-0.1, -0.05) is 32.0 Å². The van der Waals surface area contributed by atoms with Crippen LogP contribution >= 0.6 is 0 Å². The predicted octanol–water partition coefficient (Wildman–Crippen LogP) is 2.53. The molecule has 0 saturated heterocycles. The standard InChI is InChI=1S/C13H17N3/c1-10(2)13(14)12-8-15-9-16(12)11-6-4-3-5-7-11/h3-10,13H,14H2,1-2H3. The van der Waals surface area contributed by atoms with Crippen molar-refractivity contribution in [1.82, 2.24) is 9.55 Å². The molecule has 84 valence electrons. The van der Waals surface area contributed by atoms with Crippen molar-refractivity contribution >= 4 is 0 Å². The lowest BCUT2D eigenvalue weighted by atomic mass is 10.0. The lowest BCUT2D eigenvalue weighted by molar-refractivity contribution is 0.497. The minimum atomic E-state index is 0.0164. The molecule has 16 heavy (non-hydrogen) atoms. The maximum absolute atomic E-state index is 6.16. The fourth-order valence-corrected chi connectivity index (χ4v) is 1.70. The second kappa shape index (κ2) is 4.49. The minimum absolute atomic E-state index is 0.0164. The Balaban J connectivity index is 2.40. The molecule has 0 aliphatic carbocycles. The van der Waals surface area contributed by atoms with Crippen LogP contribution in [0.15, 0.2) is 42.9 Å². The zero-order valence-corrected chi connectivity index (χ0v) is 9.67. The van der Waals surface area contributed by atoms with E-state index in [0.29, 0.717) is 5.92 Å². The zero-order chi connectivity index (χ0) is 11.5. The molecule has 3 heteroatoms. The van der Waals surface area contributed by atoms with Gasteiger partial charge in [-0.3, -0.25) is 0 Å². The van der Waals surface area contributed by atoms with Gasteiger partial charge in [0.25, 0.3) is 0 Å². The molecule has 1 aromatic carbocycles. The molecular formula is C13H17N3. The van der Waals surface area contributed by atoms with Crippen molar-refractivity contribution in [2.75, 3.05) is 0 Å². The molecule has 0 fully saturated rings. The average molecular weight is 215 g/mol. The molecule has 1 heterocycles. The number of benzene rings is 1. The molecule has 0 aliphatic heterocycles. The summed E-state index contributed by atoms with van der Waals surface area (Å²) in [4.78, 5) is 4.18. The highest BCUT2D eigenvalue weighted by Crippen LogP contribution is 2.21. The fraction of sp³-hybridized carbons (Fsp3) is 0.308. The summed E-state index contributed by atoms with van der Waals surface area (Å²) in [7, 11) is 0.